The van der Waals surface area contributed by atoms with Crippen molar-refractivity contribution in [2.75, 3.05) is 0 Å². The highest BCUT2D eigenvalue weighted by atomic mass is 19.4. The van der Waals surface area contributed by atoms with Crippen molar-refractivity contribution in [2.24, 2.45) is 0 Å². The average molecular weight is 774 g/mol. The fourth-order valence-corrected chi connectivity index (χ4v) is 10.2. The Labute approximate surface area is 342 Å². The molecule has 0 amide bonds. The van der Waals surface area contributed by atoms with Gasteiger partial charge < -0.3 is 0 Å². The molecule has 280 valence electrons. The lowest BCUT2D eigenvalue weighted by atomic mass is 9.84. The second kappa shape index (κ2) is 12.6. The van der Waals surface area contributed by atoms with Crippen molar-refractivity contribution in [3.05, 3.63) is 193 Å². The van der Waals surface area contributed by atoms with Gasteiger partial charge >= 0.3 is 6.18 Å². The number of nitriles is 1. The first kappa shape index (κ1) is 34.3. The summed E-state index contributed by atoms with van der Waals surface area (Å²) in [6.45, 7) is 0. The molecule has 12 rings (SSSR count). The van der Waals surface area contributed by atoms with Crippen molar-refractivity contribution in [3.63, 3.8) is 0 Å². The van der Waals surface area contributed by atoms with E-state index in [1.165, 1.54) is 71.1 Å². The molecule has 0 unspecified atom stereocenters. The van der Waals surface area contributed by atoms with Gasteiger partial charge in [0.25, 0.3) is 0 Å². The molecule has 0 aromatic heterocycles. The Balaban J connectivity index is 1.23. The van der Waals surface area contributed by atoms with Crippen molar-refractivity contribution >= 4 is 75.4 Å². The first-order chi connectivity index (χ1) is 29.4. The molecule has 0 fully saturated rings. The lowest BCUT2D eigenvalue weighted by Crippen LogP contribution is -2.05. The number of rotatable bonds is 4. The summed E-state index contributed by atoms with van der Waals surface area (Å²) < 4.78 is 41.8. The molecule has 4 heteroatoms. The molecule has 0 aliphatic rings. The second-order valence-electron chi connectivity index (χ2n) is 15.7. The molecule has 0 saturated carbocycles. The van der Waals surface area contributed by atoms with E-state index >= 15 is 0 Å². The van der Waals surface area contributed by atoms with E-state index in [1.54, 1.807) is 6.07 Å². The van der Waals surface area contributed by atoms with Crippen LogP contribution in [-0.4, -0.2) is 0 Å². The molecule has 0 spiro atoms. The van der Waals surface area contributed by atoms with Crippen LogP contribution in [0.25, 0.3) is 120 Å². The third-order valence-corrected chi connectivity index (χ3v) is 12.5. The Hall–Kier alpha value is -7.74. The minimum Gasteiger partial charge on any atom is -0.192 e. The van der Waals surface area contributed by atoms with Crippen LogP contribution in [0.2, 0.25) is 0 Å². The summed E-state index contributed by atoms with van der Waals surface area (Å²) in [7, 11) is 0. The van der Waals surface area contributed by atoms with E-state index in [9.17, 15) is 18.4 Å². The van der Waals surface area contributed by atoms with Crippen LogP contribution in [0, 0.1) is 11.3 Å². The molecular weight excluding hydrogens is 744 g/mol. The highest BCUT2D eigenvalue weighted by molar-refractivity contribution is 6.45. The summed E-state index contributed by atoms with van der Waals surface area (Å²) in [5.74, 6) is 0. The molecule has 60 heavy (non-hydrogen) atoms. The van der Waals surface area contributed by atoms with Gasteiger partial charge in [0.2, 0.25) is 0 Å². The SMILES string of the molecule is N#Cc1cc(-c2cccc(-c3ccc4c5c(-c6ccccc6)c6c(cc7c8ccccc8c8cccc6c87)c(-c6ccccc6)c5c5cccc3c54)c2)cc(C(F)(F)F)c1. The predicted octanol–water partition coefficient (Wildman–Crippen LogP) is 16.2. The van der Waals surface area contributed by atoms with Crippen molar-refractivity contribution in [1.29, 1.82) is 5.26 Å². The Kier molecular flexibility index (Phi) is 7.22. The smallest absolute Gasteiger partial charge is 0.192 e. The zero-order chi connectivity index (χ0) is 40.3. The minimum atomic E-state index is -4.58. The van der Waals surface area contributed by atoms with Gasteiger partial charge in [-0.05, 0) is 150 Å². The largest absolute Gasteiger partial charge is 0.416 e. The summed E-state index contributed by atoms with van der Waals surface area (Å²) in [6, 6.07) is 63.4. The van der Waals surface area contributed by atoms with E-state index in [1.807, 2.05) is 24.3 Å². The van der Waals surface area contributed by atoms with Crippen LogP contribution < -0.4 is 0 Å². The van der Waals surface area contributed by atoms with E-state index in [2.05, 4.69) is 140 Å². The molecule has 12 aromatic carbocycles. The fourth-order valence-electron chi connectivity index (χ4n) is 10.2. The number of benzene rings is 10. The quantitative estimate of drug-likeness (QED) is 0.163. The van der Waals surface area contributed by atoms with Crippen molar-refractivity contribution < 1.29 is 13.2 Å². The van der Waals surface area contributed by atoms with Crippen molar-refractivity contribution in [3.8, 4) is 50.6 Å². The van der Waals surface area contributed by atoms with E-state index in [0.29, 0.717) is 11.1 Å². The molecule has 0 atom stereocenters. The molecule has 0 aliphatic carbocycles. The van der Waals surface area contributed by atoms with Crippen LogP contribution in [0.1, 0.15) is 11.1 Å². The van der Waals surface area contributed by atoms with E-state index in [0.717, 1.165) is 55.9 Å². The number of nitrogens with zero attached hydrogens (tertiary/aromatic N) is 1. The molecule has 0 aliphatic heterocycles. The van der Waals surface area contributed by atoms with Gasteiger partial charge in [0, 0.05) is 0 Å². The molecule has 0 heterocycles. The van der Waals surface area contributed by atoms with Crippen LogP contribution in [0.5, 0.6) is 0 Å². The Morgan fingerprint density at radius 3 is 1.58 bits per heavy atom. The van der Waals surface area contributed by atoms with Gasteiger partial charge in [-0.2, -0.15) is 18.4 Å². The van der Waals surface area contributed by atoms with Gasteiger partial charge in [-0.1, -0.05) is 152 Å². The third kappa shape index (κ3) is 4.87. The number of alkyl halides is 3. The van der Waals surface area contributed by atoms with Crippen LogP contribution in [-0.2, 0) is 6.18 Å². The van der Waals surface area contributed by atoms with Crippen LogP contribution in [0.3, 0.4) is 0 Å². The average Bonchev–Trinajstić information content (AvgIpc) is 3.80. The predicted molar refractivity (Wildman–Crippen MR) is 243 cm³/mol. The first-order valence-electron chi connectivity index (χ1n) is 20.0. The number of fused-ring (bicyclic) bond motifs is 8. The standard InChI is InChI=1S/C56H30F3N/c57-56(58,59)38-27-32(31-60)26-37(29-38)35-16-9-17-36(28-35)39-24-25-46-51-42(39)20-10-23-45(51)54-49(33-12-3-1-4-13-33)48-30-47-41-19-8-7-18-40(41)43-21-11-22-44(52(43)47)53(48)50(55(46)54)34-14-5-2-6-15-34/h1-30H. The fraction of sp³-hybridized carbons (Fsp3) is 0.0179. The van der Waals surface area contributed by atoms with Gasteiger partial charge in [0.05, 0.1) is 17.2 Å². The van der Waals surface area contributed by atoms with E-state index in [4.69, 9.17) is 0 Å². The normalized spacial score (nSPS) is 12.2. The maximum Gasteiger partial charge on any atom is 0.416 e. The van der Waals surface area contributed by atoms with Crippen LogP contribution in [0.4, 0.5) is 13.2 Å². The van der Waals surface area contributed by atoms with Gasteiger partial charge in [-0.25, -0.2) is 0 Å². The van der Waals surface area contributed by atoms with Gasteiger partial charge in [0.15, 0.2) is 0 Å². The number of halogens is 3. The summed E-state index contributed by atoms with van der Waals surface area (Å²) in [4.78, 5) is 0. The summed E-state index contributed by atoms with van der Waals surface area (Å²) in [6.07, 6.45) is -4.58. The Morgan fingerprint density at radius 2 is 0.867 bits per heavy atom. The van der Waals surface area contributed by atoms with Gasteiger partial charge in [-0.3, -0.25) is 0 Å². The summed E-state index contributed by atoms with van der Waals surface area (Å²) in [5, 5.41) is 26.5. The molecule has 0 N–H and O–H groups in total. The highest BCUT2D eigenvalue weighted by Crippen LogP contribution is 2.55. The first-order valence-corrected chi connectivity index (χ1v) is 20.0. The molecule has 12 aromatic rings. The zero-order valence-corrected chi connectivity index (χ0v) is 31.9. The summed E-state index contributed by atoms with van der Waals surface area (Å²) >= 11 is 0. The van der Waals surface area contributed by atoms with Crippen LogP contribution >= 0.6 is 0 Å². The molecule has 0 bridgehead atoms. The maximum absolute atomic E-state index is 13.9. The molecule has 0 radical (unpaired) electrons. The third-order valence-electron chi connectivity index (χ3n) is 12.5. The topological polar surface area (TPSA) is 23.8 Å². The Morgan fingerprint density at radius 1 is 0.333 bits per heavy atom. The van der Waals surface area contributed by atoms with E-state index in [-0.39, 0.29) is 5.56 Å². The van der Waals surface area contributed by atoms with Crippen LogP contribution in [0.15, 0.2) is 182 Å². The summed E-state index contributed by atoms with van der Waals surface area (Å²) in [5.41, 5.74) is 6.62. The minimum absolute atomic E-state index is 0.0320. The molecular formula is C56H30F3N. The lowest BCUT2D eigenvalue weighted by molar-refractivity contribution is -0.137. The lowest BCUT2D eigenvalue weighted by Gasteiger charge is -2.19. The second-order valence-corrected chi connectivity index (χ2v) is 15.7. The van der Waals surface area contributed by atoms with E-state index < -0.39 is 11.7 Å². The highest BCUT2D eigenvalue weighted by Gasteiger charge is 2.32. The monoisotopic (exact) mass is 773 g/mol. The zero-order valence-electron chi connectivity index (χ0n) is 31.9. The van der Waals surface area contributed by atoms with Gasteiger partial charge in [-0.15, -0.1) is 0 Å². The maximum atomic E-state index is 13.9. The van der Waals surface area contributed by atoms with Gasteiger partial charge in [0.1, 0.15) is 0 Å². The molecule has 1 nitrogen and oxygen atoms in total. The Bertz CT molecular complexity index is 3750. The van der Waals surface area contributed by atoms with Crippen molar-refractivity contribution in [1.82, 2.24) is 0 Å². The molecule has 0 saturated heterocycles. The number of hydrogen-bond donors (Lipinski definition) is 0. The van der Waals surface area contributed by atoms with Crippen molar-refractivity contribution in [2.45, 2.75) is 6.18 Å². The number of hydrogen-bond acceptors (Lipinski definition) is 1.